The van der Waals surface area contributed by atoms with Gasteiger partial charge in [0.25, 0.3) is 0 Å². The van der Waals surface area contributed by atoms with Crippen LogP contribution in [0.1, 0.15) is 61.6 Å². The molecule has 0 aliphatic carbocycles. The Morgan fingerprint density at radius 3 is 1.91 bits per heavy atom. The molecule has 5 rings (SSSR count). The number of benzene rings is 3. The van der Waals surface area contributed by atoms with Crippen LogP contribution in [0.15, 0.2) is 30.3 Å². The Morgan fingerprint density at radius 1 is 0.719 bits per heavy atom. The molecule has 3 aromatic carbocycles. The lowest BCUT2D eigenvalue weighted by Crippen LogP contribution is -2.19. The minimum Gasteiger partial charge on any atom is -0.490 e. The molecule has 2 heterocycles. The summed E-state index contributed by atoms with van der Waals surface area (Å²) < 4.78 is 18.5. The van der Waals surface area contributed by atoms with Crippen molar-refractivity contribution in [1.82, 2.24) is 0 Å². The Hall–Kier alpha value is -2.78. The zero-order chi connectivity index (χ0) is 22.7. The summed E-state index contributed by atoms with van der Waals surface area (Å²) in [7, 11) is 0. The molecular formula is C29H32O3. The maximum atomic E-state index is 6.78. The predicted molar refractivity (Wildman–Crippen MR) is 129 cm³/mol. The van der Waals surface area contributed by atoms with Gasteiger partial charge in [-0.15, -0.1) is 0 Å². The molecule has 32 heavy (non-hydrogen) atoms. The van der Waals surface area contributed by atoms with E-state index in [0.717, 1.165) is 35.0 Å². The molecule has 1 fully saturated rings. The second-order valence-electron chi connectivity index (χ2n) is 9.40. The lowest BCUT2D eigenvalue weighted by atomic mass is 9.75. The molecule has 0 saturated carbocycles. The molecule has 0 bridgehead atoms. The van der Waals surface area contributed by atoms with Crippen LogP contribution >= 0.6 is 0 Å². The van der Waals surface area contributed by atoms with Crippen molar-refractivity contribution in [3.8, 4) is 17.2 Å². The maximum absolute atomic E-state index is 6.78. The van der Waals surface area contributed by atoms with E-state index in [2.05, 4.69) is 78.8 Å². The molecule has 0 aromatic heterocycles. The van der Waals surface area contributed by atoms with Gasteiger partial charge in [-0.2, -0.15) is 0 Å². The van der Waals surface area contributed by atoms with Crippen molar-refractivity contribution in [1.29, 1.82) is 0 Å². The fourth-order valence-corrected chi connectivity index (χ4v) is 5.16. The van der Waals surface area contributed by atoms with E-state index in [1.54, 1.807) is 0 Å². The molecule has 0 spiro atoms. The molecule has 3 nitrogen and oxygen atoms in total. The van der Waals surface area contributed by atoms with Gasteiger partial charge in [0.15, 0.2) is 0 Å². The summed E-state index contributed by atoms with van der Waals surface area (Å²) in [5.74, 6) is 3.09. The van der Waals surface area contributed by atoms with Gasteiger partial charge in [-0.1, -0.05) is 30.3 Å². The van der Waals surface area contributed by atoms with Crippen LogP contribution in [-0.2, 0) is 4.74 Å². The lowest BCUT2D eigenvalue weighted by molar-refractivity contribution is 0.259. The van der Waals surface area contributed by atoms with E-state index in [4.69, 9.17) is 14.2 Å². The molecule has 0 radical (unpaired) electrons. The number of hydrogen-bond acceptors (Lipinski definition) is 3. The van der Waals surface area contributed by atoms with E-state index in [0.29, 0.717) is 6.61 Å². The second kappa shape index (κ2) is 7.67. The first-order valence-corrected chi connectivity index (χ1v) is 11.5. The van der Waals surface area contributed by atoms with Gasteiger partial charge in [0, 0.05) is 17.0 Å². The van der Waals surface area contributed by atoms with Crippen LogP contribution in [0.4, 0.5) is 0 Å². The van der Waals surface area contributed by atoms with Crippen molar-refractivity contribution in [2.24, 2.45) is 0 Å². The first-order valence-electron chi connectivity index (χ1n) is 11.5. The fraction of sp³-hybridized carbons (Fsp3) is 0.379. The highest BCUT2D eigenvalue weighted by Gasteiger charge is 2.37. The number of fused-ring (bicyclic) bond motifs is 2. The predicted octanol–water partition coefficient (Wildman–Crippen LogP) is 6.91. The zero-order valence-corrected chi connectivity index (χ0v) is 20.2. The molecule has 3 aromatic rings. The average Bonchev–Trinajstić information content (AvgIpc) is 3.63. The number of epoxide rings is 1. The Morgan fingerprint density at radius 2 is 1.28 bits per heavy atom. The molecular weight excluding hydrogens is 396 g/mol. The van der Waals surface area contributed by atoms with E-state index >= 15 is 0 Å². The second-order valence-corrected chi connectivity index (χ2v) is 9.40. The highest BCUT2D eigenvalue weighted by molar-refractivity contribution is 5.71. The molecule has 2 atom stereocenters. The van der Waals surface area contributed by atoms with Crippen LogP contribution in [-0.4, -0.2) is 19.3 Å². The molecule has 2 unspecified atom stereocenters. The SMILES string of the molecule is Cc1c(C)c(C)c2c(c1C)Oc1c(C)c(C)c(OCC3CO3)c(C)c1C2c1ccccc1. The van der Waals surface area contributed by atoms with Crippen LogP contribution in [0.2, 0.25) is 0 Å². The van der Waals surface area contributed by atoms with Crippen molar-refractivity contribution >= 4 is 0 Å². The Labute approximate surface area is 191 Å². The number of hydrogen-bond donors (Lipinski definition) is 0. The van der Waals surface area contributed by atoms with Gasteiger partial charge in [-0.3, -0.25) is 0 Å². The van der Waals surface area contributed by atoms with E-state index in [1.807, 2.05) is 0 Å². The zero-order valence-electron chi connectivity index (χ0n) is 20.2. The monoisotopic (exact) mass is 428 g/mol. The van der Waals surface area contributed by atoms with Gasteiger partial charge in [0.2, 0.25) is 0 Å². The average molecular weight is 429 g/mol. The third-order valence-electron chi connectivity index (χ3n) is 7.64. The smallest absolute Gasteiger partial charge is 0.135 e. The molecule has 2 aliphatic rings. The highest BCUT2D eigenvalue weighted by atomic mass is 16.6. The third kappa shape index (κ3) is 3.14. The van der Waals surface area contributed by atoms with Crippen molar-refractivity contribution in [2.75, 3.05) is 13.2 Å². The van der Waals surface area contributed by atoms with Crippen molar-refractivity contribution in [3.05, 3.63) is 86.0 Å². The van der Waals surface area contributed by atoms with Gasteiger partial charge in [-0.05, 0) is 93.0 Å². The van der Waals surface area contributed by atoms with Crippen LogP contribution < -0.4 is 9.47 Å². The van der Waals surface area contributed by atoms with Crippen molar-refractivity contribution in [2.45, 2.75) is 60.5 Å². The fourth-order valence-electron chi connectivity index (χ4n) is 5.16. The number of ether oxygens (including phenoxy) is 3. The van der Waals surface area contributed by atoms with E-state index in [1.165, 1.54) is 44.5 Å². The topological polar surface area (TPSA) is 31.0 Å². The van der Waals surface area contributed by atoms with Gasteiger partial charge in [0.05, 0.1) is 6.61 Å². The summed E-state index contributed by atoms with van der Waals surface area (Å²) in [4.78, 5) is 0. The third-order valence-corrected chi connectivity index (χ3v) is 7.64. The molecule has 166 valence electrons. The van der Waals surface area contributed by atoms with E-state index in [-0.39, 0.29) is 12.0 Å². The Balaban J connectivity index is 1.81. The van der Waals surface area contributed by atoms with Gasteiger partial charge in [0.1, 0.15) is 30.0 Å². The lowest BCUT2D eigenvalue weighted by Gasteiger charge is -2.36. The van der Waals surface area contributed by atoms with Gasteiger partial charge >= 0.3 is 0 Å². The summed E-state index contributed by atoms with van der Waals surface area (Å²) in [6.45, 7) is 16.7. The Bertz CT molecular complexity index is 1220. The van der Waals surface area contributed by atoms with Crippen molar-refractivity contribution < 1.29 is 14.2 Å². The Kier molecular flexibility index (Phi) is 5.05. The maximum Gasteiger partial charge on any atom is 0.135 e. The van der Waals surface area contributed by atoms with Crippen LogP contribution in [0, 0.1) is 48.5 Å². The quantitative estimate of drug-likeness (QED) is 0.331. The molecule has 1 saturated heterocycles. The first-order chi connectivity index (χ1) is 15.3. The summed E-state index contributed by atoms with van der Waals surface area (Å²) in [6, 6.07) is 10.8. The summed E-state index contributed by atoms with van der Waals surface area (Å²) in [5.41, 5.74) is 12.5. The minimum absolute atomic E-state index is 0.103. The molecule has 3 heteroatoms. The minimum atomic E-state index is 0.103. The number of rotatable bonds is 4. The molecule has 0 N–H and O–H groups in total. The standard InChI is InChI=1S/C29H32O3/c1-15-16(2)18(4)28-24(17(15)3)26(22-11-9-8-10-12-22)25-21(7)27(31-14-23-13-30-23)19(5)20(6)29(25)32-28/h8-12,23,26H,13-14H2,1-7H3. The van der Waals surface area contributed by atoms with Gasteiger partial charge in [-0.25, -0.2) is 0 Å². The molecule has 0 amide bonds. The van der Waals surface area contributed by atoms with E-state index in [9.17, 15) is 0 Å². The van der Waals surface area contributed by atoms with Crippen LogP contribution in [0.5, 0.6) is 17.2 Å². The molecule has 2 aliphatic heterocycles. The van der Waals surface area contributed by atoms with Crippen LogP contribution in [0.25, 0.3) is 0 Å². The van der Waals surface area contributed by atoms with Gasteiger partial charge < -0.3 is 14.2 Å². The van der Waals surface area contributed by atoms with Crippen LogP contribution in [0.3, 0.4) is 0 Å². The largest absolute Gasteiger partial charge is 0.490 e. The normalized spacial score (nSPS) is 18.6. The van der Waals surface area contributed by atoms with Crippen molar-refractivity contribution in [3.63, 3.8) is 0 Å². The van der Waals surface area contributed by atoms with E-state index < -0.39 is 0 Å². The first kappa shape index (κ1) is 21.1. The highest BCUT2D eigenvalue weighted by Crippen LogP contribution is 2.55. The summed E-state index contributed by atoms with van der Waals surface area (Å²) in [5, 5.41) is 0. The summed E-state index contributed by atoms with van der Waals surface area (Å²) >= 11 is 0. The summed E-state index contributed by atoms with van der Waals surface area (Å²) in [6.07, 6.45) is 0.225.